The number of phosphoric ester groups is 1. The third-order valence-corrected chi connectivity index (χ3v) is 11.8. The highest BCUT2D eigenvalue weighted by atomic mass is 31.2. The highest BCUT2D eigenvalue weighted by Crippen LogP contribution is 2.38. The zero-order valence-corrected chi connectivity index (χ0v) is 41.7. The number of phosphoric acid groups is 1. The van der Waals surface area contributed by atoms with Crippen molar-refractivity contribution in [1.29, 1.82) is 0 Å². The van der Waals surface area contributed by atoms with Crippen molar-refractivity contribution < 1.29 is 42.1 Å². The lowest BCUT2D eigenvalue weighted by atomic mass is 10.0. The number of nitrogens with zero attached hydrogens (tertiary/aromatic N) is 1. The van der Waals surface area contributed by atoms with Gasteiger partial charge in [0.05, 0.1) is 27.7 Å². The molecule has 10 heteroatoms. The maximum atomic E-state index is 12.6. The second kappa shape index (κ2) is 44.2. The maximum Gasteiger partial charge on any atom is 0.306 e. The molecule has 0 aliphatic carbocycles. The van der Waals surface area contributed by atoms with Crippen molar-refractivity contribution in [2.45, 2.75) is 225 Å². The Kier molecular flexibility index (Phi) is 42.7. The first-order chi connectivity index (χ1) is 30.0. The third kappa shape index (κ3) is 47.4. The fraction of sp³-hybridized carbons (Fsp3) is 0.808. The Labute approximate surface area is 382 Å². The van der Waals surface area contributed by atoms with Gasteiger partial charge in [-0.2, -0.15) is 0 Å². The summed E-state index contributed by atoms with van der Waals surface area (Å²) in [6, 6.07) is 0. The number of carbonyl (C=O) groups is 2. The van der Waals surface area contributed by atoms with Gasteiger partial charge in [0.1, 0.15) is 19.8 Å². The van der Waals surface area contributed by atoms with Crippen molar-refractivity contribution in [2.75, 3.05) is 47.5 Å². The smallest absolute Gasteiger partial charge is 0.306 e. The Morgan fingerprint density at radius 3 is 1.37 bits per heavy atom. The number of hydrogen-bond acceptors (Lipinski definition) is 8. The summed E-state index contributed by atoms with van der Waals surface area (Å²) in [6.45, 7) is 4.03. The lowest BCUT2D eigenvalue weighted by molar-refractivity contribution is -0.870. The summed E-state index contributed by atoms with van der Waals surface area (Å²) >= 11 is 0. The van der Waals surface area contributed by atoms with Crippen molar-refractivity contribution in [3.05, 3.63) is 48.6 Å². The predicted molar refractivity (Wildman–Crippen MR) is 259 cm³/mol. The van der Waals surface area contributed by atoms with Gasteiger partial charge in [-0.15, -0.1) is 0 Å². The molecule has 0 saturated carbocycles. The van der Waals surface area contributed by atoms with Crippen LogP contribution in [0.25, 0.3) is 0 Å². The van der Waals surface area contributed by atoms with Gasteiger partial charge in [0, 0.05) is 12.8 Å². The molecule has 0 bridgehead atoms. The Morgan fingerprint density at radius 1 is 0.516 bits per heavy atom. The molecule has 0 rings (SSSR count). The van der Waals surface area contributed by atoms with Gasteiger partial charge in [-0.1, -0.05) is 204 Å². The van der Waals surface area contributed by atoms with E-state index < -0.39 is 32.5 Å². The van der Waals surface area contributed by atoms with Crippen LogP contribution in [0.1, 0.15) is 219 Å². The molecule has 0 amide bonds. The van der Waals surface area contributed by atoms with Crippen LogP contribution < -0.4 is 4.89 Å². The number of likely N-dealkylation sites (N-methyl/N-ethyl adjacent to an activating group) is 1. The minimum absolute atomic E-state index is 0.0295. The van der Waals surface area contributed by atoms with E-state index in [1.807, 2.05) is 21.1 Å². The molecule has 362 valence electrons. The van der Waals surface area contributed by atoms with Gasteiger partial charge < -0.3 is 27.9 Å². The van der Waals surface area contributed by atoms with E-state index in [2.05, 4.69) is 62.5 Å². The fourth-order valence-corrected chi connectivity index (χ4v) is 7.67. The van der Waals surface area contributed by atoms with Crippen molar-refractivity contribution in [3.63, 3.8) is 0 Å². The van der Waals surface area contributed by atoms with E-state index in [4.69, 9.17) is 18.5 Å². The number of carbonyl (C=O) groups excluding carboxylic acids is 2. The number of ether oxygens (including phenoxy) is 2. The molecule has 0 heterocycles. The summed E-state index contributed by atoms with van der Waals surface area (Å²) in [5.41, 5.74) is 0. The van der Waals surface area contributed by atoms with Crippen LogP contribution in [0.4, 0.5) is 0 Å². The first-order valence-corrected chi connectivity index (χ1v) is 26.8. The predicted octanol–water partition coefficient (Wildman–Crippen LogP) is 14.4. The van der Waals surface area contributed by atoms with Crippen molar-refractivity contribution in [2.24, 2.45) is 0 Å². The Morgan fingerprint density at radius 2 is 0.919 bits per heavy atom. The van der Waals surface area contributed by atoms with E-state index >= 15 is 0 Å². The molecule has 0 aliphatic rings. The molecular weight excluding hydrogens is 798 g/mol. The topological polar surface area (TPSA) is 111 Å². The van der Waals surface area contributed by atoms with E-state index in [0.717, 1.165) is 70.6 Å². The molecule has 0 aliphatic heterocycles. The third-order valence-electron chi connectivity index (χ3n) is 10.9. The highest BCUT2D eigenvalue weighted by molar-refractivity contribution is 7.45. The van der Waals surface area contributed by atoms with Gasteiger partial charge in [-0.25, -0.2) is 0 Å². The summed E-state index contributed by atoms with van der Waals surface area (Å²) in [4.78, 5) is 37.2. The minimum atomic E-state index is -4.61. The number of hydrogen-bond donors (Lipinski definition) is 0. The summed E-state index contributed by atoms with van der Waals surface area (Å²) in [6.07, 6.45) is 53.6. The van der Waals surface area contributed by atoms with Crippen molar-refractivity contribution in [1.82, 2.24) is 0 Å². The van der Waals surface area contributed by atoms with E-state index in [1.54, 1.807) is 0 Å². The van der Waals surface area contributed by atoms with Crippen LogP contribution in [-0.2, 0) is 32.7 Å². The van der Waals surface area contributed by atoms with E-state index in [-0.39, 0.29) is 26.1 Å². The summed E-state index contributed by atoms with van der Waals surface area (Å²) in [5.74, 6) is -0.842. The van der Waals surface area contributed by atoms with E-state index in [1.165, 1.54) is 116 Å². The molecule has 0 aromatic heterocycles. The monoisotopic (exact) mass is 894 g/mol. The number of unbranched alkanes of at least 4 members (excludes halogenated alkanes) is 24. The normalized spacial score (nSPS) is 13.8. The summed E-state index contributed by atoms with van der Waals surface area (Å²) in [5, 5.41) is 0. The fourth-order valence-electron chi connectivity index (χ4n) is 6.94. The first-order valence-electron chi connectivity index (χ1n) is 25.3. The number of esters is 2. The van der Waals surface area contributed by atoms with Crippen LogP contribution in [0.2, 0.25) is 0 Å². The van der Waals surface area contributed by atoms with E-state index in [9.17, 15) is 19.0 Å². The Balaban J connectivity index is 3.85. The second-order valence-corrected chi connectivity index (χ2v) is 19.6. The molecule has 0 fully saturated rings. The molecule has 62 heavy (non-hydrogen) atoms. The summed E-state index contributed by atoms with van der Waals surface area (Å²) in [7, 11) is 1.17. The van der Waals surface area contributed by atoms with Crippen molar-refractivity contribution in [3.8, 4) is 0 Å². The largest absolute Gasteiger partial charge is 0.756 e. The molecule has 9 nitrogen and oxygen atoms in total. The molecule has 0 aromatic carbocycles. The van der Waals surface area contributed by atoms with Gasteiger partial charge in [-0.3, -0.25) is 14.2 Å². The minimum Gasteiger partial charge on any atom is -0.756 e. The molecule has 0 saturated heterocycles. The summed E-state index contributed by atoms with van der Waals surface area (Å²) < 4.78 is 33.7. The van der Waals surface area contributed by atoms with Crippen LogP contribution in [-0.4, -0.2) is 70.0 Å². The Hall–Kier alpha value is -2.03. The zero-order valence-electron chi connectivity index (χ0n) is 40.8. The molecule has 0 N–H and O–H groups in total. The standard InChI is InChI=1S/C52H96NO8P/c1-6-8-10-12-13-14-15-16-17-18-19-20-21-22-23-24-25-26-27-28-29-30-31-32-33-34-35-36-37-38-39-41-43-45-52(55)61-50(48-58-51(54)44-42-40-11-9-7-2)49-60-62(56,57)59-47-46-53(3,4)5/h8,10,13-14,16-17,19-20,50H,6-7,9,11-12,15,18,21-49H2,1-5H3/b10-8-,14-13-,17-16-,20-19-. The van der Waals surface area contributed by atoms with Crippen LogP contribution in [0.3, 0.4) is 0 Å². The van der Waals surface area contributed by atoms with E-state index in [0.29, 0.717) is 17.4 Å². The number of rotatable bonds is 46. The van der Waals surface area contributed by atoms with Gasteiger partial charge in [-0.05, 0) is 51.4 Å². The molecule has 2 unspecified atom stereocenters. The van der Waals surface area contributed by atoms with Gasteiger partial charge >= 0.3 is 11.9 Å². The molecule has 0 radical (unpaired) electrons. The maximum absolute atomic E-state index is 12.6. The van der Waals surface area contributed by atoms with Gasteiger partial charge in [0.2, 0.25) is 0 Å². The molecular formula is C52H96NO8P. The molecule has 2 atom stereocenters. The van der Waals surface area contributed by atoms with Crippen LogP contribution in [0.5, 0.6) is 0 Å². The Bertz CT molecular complexity index is 1190. The molecule has 0 spiro atoms. The molecule has 0 aromatic rings. The highest BCUT2D eigenvalue weighted by Gasteiger charge is 2.21. The average molecular weight is 894 g/mol. The van der Waals surface area contributed by atoms with Crippen molar-refractivity contribution >= 4 is 19.8 Å². The van der Waals surface area contributed by atoms with Crippen LogP contribution >= 0.6 is 7.82 Å². The average Bonchev–Trinajstić information content (AvgIpc) is 3.22. The number of allylic oxidation sites excluding steroid dienone is 8. The lowest BCUT2D eigenvalue weighted by Gasteiger charge is -2.28. The number of quaternary nitrogens is 1. The second-order valence-electron chi connectivity index (χ2n) is 18.2. The van der Waals surface area contributed by atoms with Crippen LogP contribution in [0, 0.1) is 0 Å². The quantitative estimate of drug-likeness (QED) is 0.0195. The zero-order chi connectivity index (χ0) is 45.7. The van der Waals surface area contributed by atoms with Gasteiger partial charge in [0.25, 0.3) is 7.82 Å². The SMILES string of the molecule is CC/C=C\C/C=C\C/C=C\C/C=C\CCCCCCCCCCCCCCCCCCCCCCC(=O)OC(COC(=O)CCCCCCC)COP(=O)([O-])OCC[N+](C)(C)C. The van der Waals surface area contributed by atoms with Crippen LogP contribution in [0.15, 0.2) is 48.6 Å². The lowest BCUT2D eigenvalue weighted by Crippen LogP contribution is -2.37. The van der Waals surface area contributed by atoms with Gasteiger partial charge in [0.15, 0.2) is 6.10 Å². The first kappa shape index (κ1) is 60.0.